The van der Waals surface area contributed by atoms with Crippen LogP contribution in [0.2, 0.25) is 5.02 Å². The van der Waals surface area contributed by atoms with E-state index < -0.39 is 33.7 Å². The number of alkyl halides is 2. The predicted octanol–water partition coefficient (Wildman–Crippen LogP) is 5.23. The molecule has 2 aromatic rings. The van der Waals surface area contributed by atoms with Gasteiger partial charge < -0.3 is 9.72 Å². The second-order valence-electron chi connectivity index (χ2n) is 7.14. The minimum Gasteiger partial charge on any atom is -0.362 e. The van der Waals surface area contributed by atoms with Gasteiger partial charge in [-0.15, -0.1) is 0 Å². The highest BCUT2D eigenvalue weighted by Gasteiger charge is 2.37. The number of hydrogen-bond acceptors (Lipinski definition) is 4. The topological polar surface area (TPSA) is 78.8 Å². The number of hydrogen-bond donors (Lipinski definition) is 2. The summed E-state index contributed by atoms with van der Waals surface area (Å²) in [6.07, 6.45) is -0.220. The standard InChI is InChI=1S/C18H21ClF3N3O2S/c1-10-17(28(2,23)26)25-16(24-10)15(11-3-4-14(20)13(19)9-11)27-12-5-7-18(21,22)8-6-12/h3-4,9,12,15,23H,5-8H2,1-2H3,(H,24,25)/t15-,28?/m0/s1. The average molecular weight is 436 g/mol. The number of benzene rings is 1. The van der Waals surface area contributed by atoms with E-state index >= 15 is 0 Å². The highest BCUT2D eigenvalue weighted by atomic mass is 35.5. The molecule has 10 heteroatoms. The number of rotatable bonds is 5. The summed E-state index contributed by atoms with van der Waals surface area (Å²) in [6, 6.07) is 4.05. The van der Waals surface area contributed by atoms with E-state index in [0.717, 1.165) is 0 Å². The minimum absolute atomic E-state index is 0.0967. The molecule has 0 spiro atoms. The van der Waals surface area contributed by atoms with Crippen LogP contribution >= 0.6 is 11.6 Å². The molecular formula is C18H21ClF3N3O2S. The van der Waals surface area contributed by atoms with E-state index in [1.807, 2.05) is 0 Å². The Morgan fingerprint density at radius 3 is 2.57 bits per heavy atom. The van der Waals surface area contributed by atoms with Crippen LogP contribution in [0.15, 0.2) is 23.2 Å². The quantitative estimate of drug-likeness (QED) is 0.674. The molecule has 2 atom stereocenters. The van der Waals surface area contributed by atoms with Gasteiger partial charge in [0.2, 0.25) is 5.92 Å². The summed E-state index contributed by atoms with van der Waals surface area (Å²) in [6.45, 7) is 1.64. The maximum Gasteiger partial charge on any atom is 0.248 e. The maximum atomic E-state index is 13.6. The second-order valence-corrected chi connectivity index (χ2v) is 9.62. The molecule has 5 nitrogen and oxygen atoms in total. The minimum atomic E-state index is -3.07. The van der Waals surface area contributed by atoms with Gasteiger partial charge in [0.15, 0.2) is 5.03 Å². The highest BCUT2D eigenvalue weighted by molar-refractivity contribution is 7.91. The van der Waals surface area contributed by atoms with E-state index in [-0.39, 0.29) is 41.6 Å². The van der Waals surface area contributed by atoms with Crippen LogP contribution in [0, 0.1) is 17.5 Å². The summed E-state index contributed by atoms with van der Waals surface area (Å²) >= 11 is 5.90. The van der Waals surface area contributed by atoms with Crippen molar-refractivity contribution < 1.29 is 22.1 Å². The van der Waals surface area contributed by atoms with Gasteiger partial charge in [-0.2, -0.15) is 0 Å². The van der Waals surface area contributed by atoms with Crippen molar-refractivity contribution in [3.8, 4) is 0 Å². The molecule has 0 aliphatic heterocycles. The van der Waals surface area contributed by atoms with E-state index in [1.165, 1.54) is 24.5 Å². The van der Waals surface area contributed by atoms with Crippen LogP contribution in [0.4, 0.5) is 13.2 Å². The van der Waals surface area contributed by atoms with Crippen LogP contribution in [0.25, 0.3) is 0 Å². The lowest BCUT2D eigenvalue weighted by Crippen LogP contribution is -2.30. The molecule has 0 amide bonds. The van der Waals surface area contributed by atoms with Gasteiger partial charge in [-0.1, -0.05) is 17.7 Å². The summed E-state index contributed by atoms with van der Waals surface area (Å²) in [4.78, 5) is 7.24. The van der Waals surface area contributed by atoms with Gasteiger partial charge >= 0.3 is 0 Å². The Labute approximate surface area is 166 Å². The fourth-order valence-electron chi connectivity index (χ4n) is 3.29. The van der Waals surface area contributed by atoms with Gasteiger partial charge in [-0.05, 0) is 37.5 Å². The van der Waals surface area contributed by atoms with Crippen molar-refractivity contribution in [2.75, 3.05) is 6.26 Å². The largest absolute Gasteiger partial charge is 0.362 e. The number of imidazole rings is 1. The third-order valence-electron chi connectivity index (χ3n) is 4.71. The van der Waals surface area contributed by atoms with Crippen molar-refractivity contribution >= 4 is 21.3 Å². The average Bonchev–Trinajstić information content (AvgIpc) is 2.98. The van der Waals surface area contributed by atoms with Gasteiger partial charge in [0.1, 0.15) is 17.7 Å². The molecule has 0 saturated heterocycles. The SMILES string of the molecule is Cc1[nH]c([C@@H](OC2CCC(F)(F)CC2)c2ccc(F)c(Cl)c2)nc1S(C)(=N)=O. The molecule has 28 heavy (non-hydrogen) atoms. The number of aryl methyl sites for hydroxylation is 1. The van der Waals surface area contributed by atoms with Crippen molar-refractivity contribution in [1.29, 1.82) is 4.78 Å². The first-order valence-electron chi connectivity index (χ1n) is 8.75. The maximum absolute atomic E-state index is 13.6. The third-order valence-corrected chi connectivity index (χ3v) is 6.14. The van der Waals surface area contributed by atoms with Gasteiger partial charge in [0.25, 0.3) is 0 Å². The smallest absolute Gasteiger partial charge is 0.248 e. The number of aromatic amines is 1. The number of nitrogens with zero attached hydrogens (tertiary/aromatic N) is 1. The molecular weight excluding hydrogens is 415 g/mol. The Bertz CT molecular complexity index is 968. The molecule has 0 bridgehead atoms. The van der Waals surface area contributed by atoms with Crippen LogP contribution < -0.4 is 0 Å². The lowest BCUT2D eigenvalue weighted by atomic mass is 9.94. The molecule has 1 fully saturated rings. The Kier molecular flexibility index (Phi) is 5.80. The molecule has 1 heterocycles. The Hall–Kier alpha value is -1.58. The summed E-state index contributed by atoms with van der Waals surface area (Å²) in [5.74, 6) is -3.02. The van der Waals surface area contributed by atoms with Crippen molar-refractivity contribution in [3.05, 3.63) is 46.1 Å². The number of aromatic nitrogens is 2. The highest BCUT2D eigenvalue weighted by Crippen LogP contribution is 2.38. The van der Waals surface area contributed by atoms with Gasteiger partial charge in [-0.3, -0.25) is 0 Å². The van der Waals surface area contributed by atoms with E-state index in [9.17, 15) is 17.4 Å². The zero-order valence-electron chi connectivity index (χ0n) is 15.4. The molecule has 154 valence electrons. The number of H-pyrrole nitrogens is 1. The van der Waals surface area contributed by atoms with Crippen LogP contribution in [0.3, 0.4) is 0 Å². The van der Waals surface area contributed by atoms with Crippen molar-refractivity contribution in [3.63, 3.8) is 0 Å². The van der Waals surface area contributed by atoms with Crippen LogP contribution in [0.5, 0.6) is 0 Å². The fraction of sp³-hybridized carbons (Fsp3) is 0.500. The molecule has 1 aromatic carbocycles. The van der Waals surface area contributed by atoms with Gasteiger partial charge in [-0.25, -0.2) is 27.1 Å². The first kappa shape index (κ1) is 21.1. The molecule has 3 rings (SSSR count). The molecule has 1 aromatic heterocycles. The van der Waals surface area contributed by atoms with Gasteiger partial charge in [0, 0.05) is 24.8 Å². The summed E-state index contributed by atoms with van der Waals surface area (Å²) in [5, 5.41) is -0.0101. The normalized spacial score (nSPS) is 20.6. The molecule has 1 unspecified atom stereocenters. The first-order valence-corrected chi connectivity index (χ1v) is 11.1. The lowest BCUT2D eigenvalue weighted by Gasteiger charge is -2.31. The summed E-state index contributed by atoms with van der Waals surface area (Å²) in [7, 11) is -3.07. The molecule has 1 aliphatic carbocycles. The van der Waals surface area contributed by atoms with Crippen molar-refractivity contribution in [1.82, 2.24) is 9.97 Å². The van der Waals surface area contributed by atoms with E-state index in [2.05, 4.69) is 9.97 Å². The van der Waals surface area contributed by atoms with Crippen molar-refractivity contribution in [2.24, 2.45) is 0 Å². The molecule has 2 N–H and O–H groups in total. The Morgan fingerprint density at radius 2 is 2.04 bits per heavy atom. The van der Waals surface area contributed by atoms with Crippen LogP contribution in [-0.2, 0) is 14.5 Å². The second kappa shape index (κ2) is 7.68. The lowest BCUT2D eigenvalue weighted by molar-refractivity contribution is -0.0938. The molecule has 1 saturated carbocycles. The first-order chi connectivity index (χ1) is 13.0. The Morgan fingerprint density at radius 1 is 1.39 bits per heavy atom. The number of nitrogens with one attached hydrogen (secondary N) is 2. The Balaban J connectivity index is 1.96. The zero-order valence-corrected chi connectivity index (χ0v) is 17.0. The third kappa shape index (κ3) is 4.69. The summed E-state index contributed by atoms with van der Waals surface area (Å²) < 4.78 is 66.5. The number of halogens is 4. The van der Waals surface area contributed by atoms with E-state index in [1.54, 1.807) is 6.92 Å². The van der Waals surface area contributed by atoms with Crippen LogP contribution in [0.1, 0.15) is 48.9 Å². The molecule has 1 aliphatic rings. The number of ether oxygens (including phenoxy) is 1. The van der Waals surface area contributed by atoms with Gasteiger partial charge in [0.05, 0.1) is 20.9 Å². The zero-order chi connectivity index (χ0) is 20.7. The molecule has 0 radical (unpaired) electrons. The van der Waals surface area contributed by atoms with E-state index in [0.29, 0.717) is 11.3 Å². The van der Waals surface area contributed by atoms with Crippen LogP contribution in [-0.4, -0.2) is 32.5 Å². The summed E-state index contributed by atoms with van der Waals surface area (Å²) in [5.41, 5.74) is 0.936. The van der Waals surface area contributed by atoms with Crippen molar-refractivity contribution in [2.45, 2.75) is 55.8 Å². The monoisotopic (exact) mass is 435 g/mol. The van der Waals surface area contributed by atoms with E-state index in [4.69, 9.17) is 21.1 Å². The fourth-order valence-corrected chi connectivity index (χ4v) is 4.39. The predicted molar refractivity (Wildman–Crippen MR) is 99.9 cm³/mol.